The smallest absolute Gasteiger partial charge is 0.410 e. The zero-order valence-corrected chi connectivity index (χ0v) is 14.4. The Bertz CT molecular complexity index is 499. The number of carbonyl (C=O) groups excluding carboxylic acids is 1. The third-order valence-electron chi connectivity index (χ3n) is 3.31. The molecule has 1 heterocycles. The monoisotopic (exact) mass is 354 g/mol. The molecule has 116 valence electrons. The van der Waals surface area contributed by atoms with E-state index in [1.54, 1.807) is 4.90 Å². The Balaban J connectivity index is 1.95. The fourth-order valence-corrected chi connectivity index (χ4v) is 2.78. The first-order chi connectivity index (χ1) is 9.85. The summed E-state index contributed by atoms with van der Waals surface area (Å²) in [7, 11) is 0. The summed E-state index contributed by atoms with van der Waals surface area (Å²) in [6.45, 7) is 7.13. The highest BCUT2D eigenvalue weighted by Crippen LogP contribution is 2.24. The van der Waals surface area contributed by atoms with E-state index < -0.39 is 5.60 Å². The van der Waals surface area contributed by atoms with Crippen LogP contribution in [-0.2, 0) is 4.74 Å². The summed E-state index contributed by atoms with van der Waals surface area (Å²) in [6, 6.07) is 8.29. The predicted octanol–water partition coefficient (Wildman–Crippen LogP) is 4.26. The SMILES string of the molecule is CC(C)(C)OC(=O)N1CCC[C@H](Nc2ccccc2Br)C1. The molecule has 1 aromatic carbocycles. The number of benzene rings is 1. The maximum atomic E-state index is 12.1. The Morgan fingerprint density at radius 2 is 2.10 bits per heavy atom. The van der Waals surface area contributed by atoms with Gasteiger partial charge in [-0.25, -0.2) is 4.79 Å². The molecule has 1 aliphatic heterocycles. The molecule has 0 unspecified atom stereocenters. The van der Waals surface area contributed by atoms with Crippen LogP contribution in [0, 0.1) is 0 Å². The maximum Gasteiger partial charge on any atom is 0.410 e. The summed E-state index contributed by atoms with van der Waals surface area (Å²) < 4.78 is 6.49. The van der Waals surface area contributed by atoms with Gasteiger partial charge in [-0.3, -0.25) is 0 Å². The van der Waals surface area contributed by atoms with Gasteiger partial charge in [0.2, 0.25) is 0 Å². The molecule has 0 bridgehead atoms. The lowest BCUT2D eigenvalue weighted by atomic mass is 10.1. The quantitative estimate of drug-likeness (QED) is 0.862. The molecule has 1 amide bonds. The standard InChI is InChI=1S/C16H23BrN2O2/c1-16(2,3)21-15(20)19-10-6-7-12(11-19)18-14-9-5-4-8-13(14)17/h4-5,8-9,12,18H,6-7,10-11H2,1-3H3/t12-/m0/s1. The molecule has 1 N–H and O–H groups in total. The molecule has 5 heteroatoms. The second-order valence-corrected chi connectivity index (χ2v) is 7.24. The summed E-state index contributed by atoms with van der Waals surface area (Å²) in [4.78, 5) is 13.9. The first kappa shape index (κ1) is 16.1. The van der Waals surface area contributed by atoms with Gasteiger partial charge in [0.15, 0.2) is 0 Å². The van der Waals surface area contributed by atoms with Crippen LogP contribution in [0.25, 0.3) is 0 Å². The largest absolute Gasteiger partial charge is 0.444 e. The number of carbonyl (C=O) groups is 1. The van der Waals surface area contributed by atoms with Gasteiger partial charge in [0.25, 0.3) is 0 Å². The number of nitrogens with one attached hydrogen (secondary N) is 1. The van der Waals surface area contributed by atoms with E-state index in [-0.39, 0.29) is 12.1 Å². The number of ether oxygens (including phenoxy) is 1. The van der Waals surface area contributed by atoms with E-state index in [9.17, 15) is 4.79 Å². The number of nitrogens with zero attached hydrogens (tertiary/aromatic N) is 1. The zero-order chi connectivity index (χ0) is 15.5. The van der Waals surface area contributed by atoms with Crippen LogP contribution in [0.5, 0.6) is 0 Å². The second kappa shape index (κ2) is 6.69. The van der Waals surface area contributed by atoms with Gasteiger partial charge in [0.05, 0.1) is 0 Å². The first-order valence-electron chi connectivity index (χ1n) is 7.34. The van der Waals surface area contributed by atoms with Crippen molar-refractivity contribution < 1.29 is 9.53 Å². The van der Waals surface area contributed by atoms with Gasteiger partial charge in [-0.15, -0.1) is 0 Å². The molecule has 1 saturated heterocycles. The molecule has 1 aliphatic rings. The van der Waals surface area contributed by atoms with Gasteiger partial charge in [-0.05, 0) is 61.7 Å². The summed E-state index contributed by atoms with van der Waals surface area (Å²) in [5.74, 6) is 0. The van der Waals surface area contributed by atoms with Crippen molar-refractivity contribution in [2.24, 2.45) is 0 Å². The van der Waals surface area contributed by atoms with Gasteiger partial charge in [0, 0.05) is 29.3 Å². The Morgan fingerprint density at radius 3 is 2.76 bits per heavy atom. The van der Waals surface area contributed by atoms with Crippen LogP contribution in [0.2, 0.25) is 0 Å². The molecule has 2 rings (SSSR count). The molecule has 1 aromatic rings. The van der Waals surface area contributed by atoms with E-state index in [1.165, 1.54) is 0 Å². The molecule has 0 aliphatic carbocycles. The van der Waals surface area contributed by atoms with E-state index in [0.29, 0.717) is 6.54 Å². The second-order valence-electron chi connectivity index (χ2n) is 6.39. The summed E-state index contributed by atoms with van der Waals surface area (Å²) in [5, 5.41) is 3.50. The van der Waals surface area contributed by atoms with E-state index in [0.717, 1.165) is 29.5 Å². The number of para-hydroxylation sites is 1. The highest BCUT2D eigenvalue weighted by molar-refractivity contribution is 9.10. The highest BCUT2D eigenvalue weighted by Gasteiger charge is 2.27. The van der Waals surface area contributed by atoms with E-state index >= 15 is 0 Å². The molecule has 4 nitrogen and oxygen atoms in total. The van der Waals surface area contributed by atoms with Crippen molar-refractivity contribution in [2.75, 3.05) is 18.4 Å². The number of halogens is 1. The molecular formula is C16H23BrN2O2. The molecule has 0 aromatic heterocycles. The van der Waals surface area contributed by atoms with Crippen molar-refractivity contribution in [1.29, 1.82) is 0 Å². The van der Waals surface area contributed by atoms with E-state index in [2.05, 4.69) is 21.2 Å². The van der Waals surface area contributed by atoms with Gasteiger partial charge < -0.3 is 15.0 Å². The number of amides is 1. The minimum Gasteiger partial charge on any atom is -0.444 e. The number of likely N-dealkylation sites (tertiary alicyclic amines) is 1. The Hall–Kier alpha value is -1.23. The number of rotatable bonds is 2. The van der Waals surface area contributed by atoms with Crippen LogP contribution < -0.4 is 5.32 Å². The average Bonchev–Trinajstić information content (AvgIpc) is 2.40. The minimum absolute atomic E-state index is 0.221. The van der Waals surface area contributed by atoms with Crippen LogP contribution in [-0.4, -0.2) is 35.7 Å². The van der Waals surface area contributed by atoms with Gasteiger partial charge in [-0.2, -0.15) is 0 Å². The number of anilines is 1. The molecule has 0 saturated carbocycles. The topological polar surface area (TPSA) is 41.6 Å². The summed E-state index contributed by atoms with van der Waals surface area (Å²) in [6.07, 6.45) is 1.82. The van der Waals surface area contributed by atoms with E-state index in [4.69, 9.17) is 4.74 Å². The van der Waals surface area contributed by atoms with E-state index in [1.807, 2.05) is 45.0 Å². The van der Waals surface area contributed by atoms with Crippen molar-refractivity contribution in [3.63, 3.8) is 0 Å². The summed E-state index contributed by atoms with van der Waals surface area (Å²) in [5.41, 5.74) is 0.619. The van der Waals surface area contributed by atoms with Crippen LogP contribution in [0.3, 0.4) is 0 Å². The fraction of sp³-hybridized carbons (Fsp3) is 0.562. The normalized spacial score (nSPS) is 19.2. The number of hydrogen-bond acceptors (Lipinski definition) is 3. The Labute approximate surface area is 135 Å². The van der Waals surface area contributed by atoms with Crippen molar-refractivity contribution in [3.8, 4) is 0 Å². The third-order valence-corrected chi connectivity index (χ3v) is 4.00. The maximum absolute atomic E-state index is 12.1. The molecule has 21 heavy (non-hydrogen) atoms. The summed E-state index contributed by atoms with van der Waals surface area (Å²) >= 11 is 3.54. The molecule has 1 atom stereocenters. The van der Waals surface area contributed by atoms with Gasteiger partial charge >= 0.3 is 6.09 Å². The first-order valence-corrected chi connectivity index (χ1v) is 8.13. The average molecular weight is 355 g/mol. The van der Waals surface area contributed by atoms with Crippen molar-refractivity contribution in [1.82, 2.24) is 4.90 Å². The minimum atomic E-state index is -0.445. The van der Waals surface area contributed by atoms with Crippen LogP contribution in [0.4, 0.5) is 10.5 Å². The molecule has 0 spiro atoms. The predicted molar refractivity (Wildman–Crippen MR) is 88.6 cm³/mol. The Kier molecular flexibility index (Phi) is 5.14. The van der Waals surface area contributed by atoms with Gasteiger partial charge in [0.1, 0.15) is 5.60 Å². The Morgan fingerprint density at radius 1 is 1.38 bits per heavy atom. The molecular weight excluding hydrogens is 332 g/mol. The lowest BCUT2D eigenvalue weighted by Gasteiger charge is -2.35. The van der Waals surface area contributed by atoms with Crippen molar-refractivity contribution in [2.45, 2.75) is 45.3 Å². The highest BCUT2D eigenvalue weighted by atomic mass is 79.9. The van der Waals surface area contributed by atoms with Crippen LogP contribution >= 0.6 is 15.9 Å². The zero-order valence-electron chi connectivity index (χ0n) is 12.9. The number of piperidine rings is 1. The third kappa shape index (κ3) is 4.92. The lowest BCUT2D eigenvalue weighted by Crippen LogP contribution is -2.47. The molecule has 0 radical (unpaired) electrons. The van der Waals surface area contributed by atoms with Crippen molar-refractivity contribution >= 4 is 27.7 Å². The van der Waals surface area contributed by atoms with Crippen LogP contribution in [0.15, 0.2) is 28.7 Å². The fourth-order valence-electron chi connectivity index (χ4n) is 2.39. The van der Waals surface area contributed by atoms with Crippen molar-refractivity contribution in [3.05, 3.63) is 28.7 Å². The lowest BCUT2D eigenvalue weighted by molar-refractivity contribution is 0.0206. The van der Waals surface area contributed by atoms with Gasteiger partial charge in [-0.1, -0.05) is 12.1 Å². The number of hydrogen-bond donors (Lipinski definition) is 1. The van der Waals surface area contributed by atoms with Crippen LogP contribution in [0.1, 0.15) is 33.6 Å². The molecule has 1 fully saturated rings.